The van der Waals surface area contributed by atoms with E-state index in [0.717, 1.165) is 4.57 Å². The summed E-state index contributed by atoms with van der Waals surface area (Å²) >= 11 is 0. The summed E-state index contributed by atoms with van der Waals surface area (Å²) in [6.45, 7) is 2.06. The van der Waals surface area contributed by atoms with Crippen LogP contribution in [0.5, 0.6) is 0 Å². The van der Waals surface area contributed by atoms with E-state index in [9.17, 15) is 18.4 Å². The van der Waals surface area contributed by atoms with E-state index in [2.05, 4.69) is 15.6 Å². The minimum absolute atomic E-state index is 0.0414. The number of rotatable bonds is 7. The molecule has 7 nitrogen and oxygen atoms in total. The molecule has 0 aliphatic carbocycles. The van der Waals surface area contributed by atoms with Crippen LogP contribution in [0.25, 0.3) is 11.0 Å². The lowest BCUT2D eigenvalue weighted by molar-refractivity contribution is -0.127. The highest BCUT2D eigenvalue weighted by Gasteiger charge is 2.23. The van der Waals surface area contributed by atoms with E-state index in [4.69, 9.17) is 5.73 Å². The third kappa shape index (κ3) is 4.34. The molecule has 0 aliphatic rings. The summed E-state index contributed by atoms with van der Waals surface area (Å²) < 4.78 is 27.7. The zero-order chi connectivity index (χ0) is 19.4. The van der Waals surface area contributed by atoms with E-state index in [1.807, 2.05) is 0 Å². The number of amides is 2. The van der Waals surface area contributed by atoms with Crippen LogP contribution in [0.15, 0.2) is 24.3 Å². The Bertz CT molecular complexity index is 791. The molecule has 0 spiro atoms. The van der Waals surface area contributed by atoms with Crippen LogP contribution in [0, 0.1) is 5.92 Å². The van der Waals surface area contributed by atoms with Crippen LogP contribution >= 0.6 is 0 Å². The molecule has 0 radical (unpaired) electrons. The van der Waals surface area contributed by atoms with Gasteiger partial charge in [0.05, 0.1) is 29.7 Å². The molecule has 0 aliphatic heterocycles. The fraction of sp³-hybridized carbons (Fsp3) is 0.471. The van der Waals surface area contributed by atoms with Gasteiger partial charge in [-0.15, -0.1) is 0 Å². The number of fused-ring (bicyclic) bond motifs is 1. The highest BCUT2D eigenvalue weighted by molar-refractivity contribution is 5.87. The largest absolute Gasteiger partial charge is 0.346 e. The Morgan fingerprint density at radius 1 is 1.23 bits per heavy atom. The minimum atomic E-state index is -2.79. The van der Waals surface area contributed by atoms with Gasteiger partial charge in [-0.1, -0.05) is 26.0 Å². The molecule has 0 saturated heterocycles. The van der Waals surface area contributed by atoms with Crippen LogP contribution in [-0.2, 0) is 9.59 Å². The first-order valence-electron chi connectivity index (χ1n) is 8.30. The second-order valence-corrected chi connectivity index (χ2v) is 6.38. The van der Waals surface area contributed by atoms with E-state index >= 15 is 0 Å². The first-order valence-corrected chi connectivity index (χ1v) is 8.30. The molecule has 1 heterocycles. The third-order valence-electron chi connectivity index (χ3n) is 4.03. The summed E-state index contributed by atoms with van der Waals surface area (Å²) in [5.74, 6) is -0.986. The highest BCUT2D eigenvalue weighted by Crippen LogP contribution is 2.26. The fourth-order valence-corrected chi connectivity index (χ4v) is 2.52. The standard InChI is InChI=1S/C17H23F2N5O2/c1-9(2)14(20)16(26)21-8-13(25)22-10(3)15-23-11-6-4-5-7-12(11)24(15)17(18)19/h4-7,9-10,14,17H,8,20H2,1-3H3,(H,21,26)(H,22,25)/t10?,14-/m0/s1. The molecular formula is C17H23F2N5O2. The molecular weight excluding hydrogens is 344 g/mol. The van der Waals surface area contributed by atoms with Crippen molar-refractivity contribution in [2.24, 2.45) is 11.7 Å². The van der Waals surface area contributed by atoms with Gasteiger partial charge in [-0.25, -0.2) is 4.98 Å². The smallest absolute Gasteiger partial charge is 0.320 e. The van der Waals surface area contributed by atoms with Gasteiger partial charge in [-0.2, -0.15) is 8.78 Å². The van der Waals surface area contributed by atoms with Crippen molar-refractivity contribution < 1.29 is 18.4 Å². The summed E-state index contributed by atoms with van der Waals surface area (Å²) in [6, 6.07) is 5.03. The maximum absolute atomic E-state index is 13.4. The van der Waals surface area contributed by atoms with Crippen molar-refractivity contribution in [1.82, 2.24) is 20.2 Å². The molecule has 26 heavy (non-hydrogen) atoms. The molecule has 0 saturated carbocycles. The van der Waals surface area contributed by atoms with Gasteiger partial charge < -0.3 is 16.4 Å². The lowest BCUT2D eigenvalue weighted by Crippen LogP contribution is -2.47. The van der Waals surface area contributed by atoms with Crippen molar-refractivity contribution in [3.05, 3.63) is 30.1 Å². The van der Waals surface area contributed by atoms with Crippen molar-refractivity contribution >= 4 is 22.8 Å². The van der Waals surface area contributed by atoms with Gasteiger partial charge >= 0.3 is 6.55 Å². The molecule has 142 valence electrons. The van der Waals surface area contributed by atoms with Gasteiger partial charge in [0.15, 0.2) is 0 Å². The Morgan fingerprint density at radius 2 is 1.88 bits per heavy atom. The predicted molar refractivity (Wildman–Crippen MR) is 93.4 cm³/mol. The average Bonchev–Trinajstić information content (AvgIpc) is 2.98. The predicted octanol–water partition coefficient (Wildman–Crippen LogP) is 1.71. The lowest BCUT2D eigenvalue weighted by Gasteiger charge is -2.17. The number of benzene rings is 1. The van der Waals surface area contributed by atoms with Crippen LogP contribution in [0.3, 0.4) is 0 Å². The Kier molecular flexibility index (Phi) is 6.25. The molecule has 1 unspecified atom stereocenters. The van der Waals surface area contributed by atoms with Crippen LogP contribution in [0.2, 0.25) is 0 Å². The summed E-state index contributed by atoms with van der Waals surface area (Å²) in [6.07, 6.45) is 0. The Labute approximate surface area is 149 Å². The molecule has 4 N–H and O–H groups in total. The molecule has 2 amide bonds. The zero-order valence-electron chi connectivity index (χ0n) is 14.9. The van der Waals surface area contributed by atoms with Crippen LogP contribution in [-0.4, -0.2) is 34.0 Å². The van der Waals surface area contributed by atoms with Crippen molar-refractivity contribution in [3.63, 3.8) is 0 Å². The Hall–Kier alpha value is -2.55. The minimum Gasteiger partial charge on any atom is -0.346 e. The number of imidazole rings is 1. The van der Waals surface area contributed by atoms with Crippen molar-refractivity contribution in [2.75, 3.05) is 6.54 Å². The number of halogens is 2. The van der Waals surface area contributed by atoms with Crippen LogP contribution in [0.1, 0.15) is 39.2 Å². The van der Waals surface area contributed by atoms with E-state index in [0.29, 0.717) is 5.52 Å². The first kappa shape index (κ1) is 19.8. The first-order chi connectivity index (χ1) is 12.2. The van der Waals surface area contributed by atoms with Gasteiger partial charge in [0.1, 0.15) is 5.82 Å². The maximum Gasteiger partial charge on any atom is 0.320 e. The molecule has 2 aromatic rings. The number of aromatic nitrogens is 2. The van der Waals surface area contributed by atoms with Gasteiger partial charge in [-0.3, -0.25) is 14.2 Å². The average molecular weight is 367 g/mol. The molecule has 2 rings (SSSR count). The molecule has 0 fully saturated rings. The summed E-state index contributed by atoms with van der Waals surface area (Å²) in [4.78, 5) is 28.0. The monoisotopic (exact) mass is 367 g/mol. The molecule has 1 aromatic carbocycles. The fourth-order valence-electron chi connectivity index (χ4n) is 2.52. The normalized spacial score (nSPS) is 13.8. The lowest BCUT2D eigenvalue weighted by atomic mass is 10.1. The van der Waals surface area contributed by atoms with E-state index in [-0.39, 0.29) is 23.8 Å². The van der Waals surface area contributed by atoms with Crippen molar-refractivity contribution in [1.29, 1.82) is 0 Å². The van der Waals surface area contributed by atoms with E-state index in [1.165, 1.54) is 0 Å². The number of nitrogens with two attached hydrogens (primary N) is 1. The van der Waals surface area contributed by atoms with Crippen molar-refractivity contribution in [3.8, 4) is 0 Å². The quantitative estimate of drug-likeness (QED) is 0.693. The Balaban J connectivity index is 2.07. The third-order valence-corrected chi connectivity index (χ3v) is 4.03. The molecule has 0 bridgehead atoms. The maximum atomic E-state index is 13.4. The number of carbonyl (C=O) groups excluding carboxylic acids is 2. The topological polar surface area (TPSA) is 102 Å². The summed E-state index contributed by atoms with van der Waals surface area (Å²) in [7, 11) is 0. The Morgan fingerprint density at radius 3 is 2.50 bits per heavy atom. The molecule has 9 heteroatoms. The second kappa shape index (κ2) is 8.22. The zero-order valence-corrected chi connectivity index (χ0v) is 14.9. The SMILES string of the molecule is CC(NC(=O)CNC(=O)[C@@H](N)C(C)C)c1nc2ccccc2n1C(F)F. The van der Waals surface area contributed by atoms with Gasteiger partial charge in [0, 0.05) is 0 Å². The number of alkyl halides is 2. The molecule has 2 atom stereocenters. The van der Waals surface area contributed by atoms with Crippen molar-refractivity contribution in [2.45, 2.75) is 39.4 Å². The summed E-state index contributed by atoms with van der Waals surface area (Å²) in [5.41, 5.74) is 6.40. The molecule has 1 aromatic heterocycles. The van der Waals surface area contributed by atoms with E-state index < -0.39 is 30.4 Å². The number of para-hydroxylation sites is 2. The van der Waals surface area contributed by atoms with Crippen LogP contribution in [0.4, 0.5) is 8.78 Å². The van der Waals surface area contributed by atoms with E-state index in [1.54, 1.807) is 45.0 Å². The number of nitrogens with zero attached hydrogens (tertiary/aromatic N) is 2. The number of hydrogen-bond acceptors (Lipinski definition) is 4. The second-order valence-electron chi connectivity index (χ2n) is 6.38. The number of nitrogens with one attached hydrogen (secondary N) is 2. The van der Waals surface area contributed by atoms with Gasteiger partial charge in [0.2, 0.25) is 11.8 Å². The number of hydrogen-bond donors (Lipinski definition) is 3. The highest BCUT2D eigenvalue weighted by atomic mass is 19.3. The summed E-state index contributed by atoms with van der Waals surface area (Å²) in [5, 5.41) is 5.00. The number of carbonyl (C=O) groups is 2. The van der Waals surface area contributed by atoms with Gasteiger partial charge in [-0.05, 0) is 25.0 Å². The van der Waals surface area contributed by atoms with Crippen LogP contribution < -0.4 is 16.4 Å². The van der Waals surface area contributed by atoms with Gasteiger partial charge in [0.25, 0.3) is 0 Å².